The lowest BCUT2D eigenvalue weighted by atomic mass is 10.1. The summed E-state index contributed by atoms with van der Waals surface area (Å²) in [5.74, 6) is -3.03. The van der Waals surface area contributed by atoms with Gasteiger partial charge in [0.05, 0.1) is 0 Å². The number of amides is 1. The Hall–Kier alpha value is -1.59. The van der Waals surface area contributed by atoms with Gasteiger partial charge in [0.2, 0.25) is 5.91 Å². The van der Waals surface area contributed by atoms with Gasteiger partial charge >= 0.3 is 11.9 Å². The molecule has 1 aliphatic rings. The summed E-state index contributed by atoms with van der Waals surface area (Å²) in [4.78, 5) is 33.7. The Morgan fingerprint density at radius 2 is 1.56 bits per heavy atom. The van der Waals surface area contributed by atoms with Gasteiger partial charge in [-0.2, -0.15) is 0 Å². The Balaban J connectivity index is 2.65. The van der Waals surface area contributed by atoms with Crippen molar-refractivity contribution in [1.82, 2.24) is 4.90 Å². The Kier molecular flexibility index (Phi) is 3.21. The quantitative estimate of drug-likeness (QED) is 0.693. The summed E-state index contributed by atoms with van der Waals surface area (Å²) in [6.45, 7) is 2.68. The van der Waals surface area contributed by atoms with Crippen molar-refractivity contribution >= 4 is 17.8 Å². The fraction of sp³-hybridized carbons (Fsp3) is 0.700. The van der Waals surface area contributed by atoms with Crippen LogP contribution in [0.25, 0.3) is 0 Å². The molecule has 6 heteroatoms. The molecule has 2 N–H and O–H groups in total. The highest BCUT2D eigenvalue weighted by Gasteiger charge is 2.52. The molecule has 0 aliphatic heterocycles. The first kappa shape index (κ1) is 12.5. The second-order valence-electron chi connectivity index (χ2n) is 4.73. The third-order valence-electron chi connectivity index (χ3n) is 2.78. The largest absolute Gasteiger partial charge is 0.480 e. The Bertz CT molecular complexity index is 320. The average molecular weight is 229 g/mol. The molecule has 0 bridgehead atoms. The van der Waals surface area contributed by atoms with E-state index in [0.717, 1.165) is 4.90 Å². The normalized spacial score (nSPS) is 21.2. The molecule has 6 nitrogen and oxygen atoms in total. The van der Waals surface area contributed by atoms with E-state index < -0.39 is 25.0 Å². The first-order valence-electron chi connectivity index (χ1n) is 4.96. The molecule has 0 radical (unpaired) electrons. The van der Waals surface area contributed by atoms with Crippen LogP contribution in [0.4, 0.5) is 0 Å². The highest BCUT2D eigenvalue weighted by atomic mass is 16.4. The smallest absolute Gasteiger partial charge is 0.323 e. The summed E-state index contributed by atoms with van der Waals surface area (Å²) < 4.78 is 0. The lowest BCUT2D eigenvalue weighted by Crippen LogP contribution is -2.40. The number of hydrogen-bond donors (Lipinski definition) is 2. The van der Waals surface area contributed by atoms with Crippen molar-refractivity contribution in [2.75, 3.05) is 13.1 Å². The first-order valence-corrected chi connectivity index (χ1v) is 4.96. The fourth-order valence-corrected chi connectivity index (χ4v) is 1.65. The van der Waals surface area contributed by atoms with Crippen LogP contribution in [0.15, 0.2) is 0 Å². The summed E-state index contributed by atoms with van der Waals surface area (Å²) >= 11 is 0. The molecule has 90 valence electrons. The minimum atomic E-state index is -1.20. The molecule has 1 fully saturated rings. The summed E-state index contributed by atoms with van der Waals surface area (Å²) in [7, 11) is 0. The van der Waals surface area contributed by atoms with E-state index >= 15 is 0 Å². The van der Waals surface area contributed by atoms with E-state index in [1.54, 1.807) is 0 Å². The van der Waals surface area contributed by atoms with E-state index in [4.69, 9.17) is 10.2 Å². The number of rotatable bonds is 5. The maximum atomic E-state index is 11.8. The Labute approximate surface area is 92.9 Å². The number of hydrogen-bond acceptors (Lipinski definition) is 3. The van der Waals surface area contributed by atoms with E-state index in [9.17, 15) is 14.4 Å². The van der Waals surface area contributed by atoms with Crippen LogP contribution in [0.3, 0.4) is 0 Å². The number of carboxylic acid groups (broad SMARTS) is 2. The van der Waals surface area contributed by atoms with Crippen molar-refractivity contribution < 1.29 is 24.6 Å². The molecule has 0 spiro atoms. The van der Waals surface area contributed by atoms with E-state index in [1.165, 1.54) is 0 Å². The maximum absolute atomic E-state index is 11.8. The van der Waals surface area contributed by atoms with Crippen LogP contribution in [0.1, 0.15) is 20.3 Å². The van der Waals surface area contributed by atoms with Gasteiger partial charge in [-0.25, -0.2) is 0 Å². The second kappa shape index (κ2) is 4.11. The monoisotopic (exact) mass is 229 g/mol. The second-order valence-corrected chi connectivity index (χ2v) is 4.73. The Morgan fingerprint density at radius 1 is 1.19 bits per heavy atom. The van der Waals surface area contributed by atoms with Gasteiger partial charge in [-0.15, -0.1) is 0 Å². The summed E-state index contributed by atoms with van der Waals surface area (Å²) in [5, 5.41) is 17.2. The maximum Gasteiger partial charge on any atom is 0.323 e. The Morgan fingerprint density at radius 3 is 1.81 bits per heavy atom. The molecule has 16 heavy (non-hydrogen) atoms. The standard InChI is InChI=1S/C10H15NO5/c1-10(2)3-6(10)9(16)11(4-7(12)13)5-8(14)15/h6H,3-5H2,1-2H3,(H,12,13)(H,14,15). The van der Waals surface area contributed by atoms with Gasteiger partial charge in [-0.3, -0.25) is 14.4 Å². The lowest BCUT2D eigenvalue weighted by molar-refractivity contribution is -0.150. The van der Waals surface area contributed by atoms with Crippen LogP contribution >= 0.6 is 0 Å². The molecule has 1 atom stereocenters. The number of carboxylic acids is 2. The zero-order chi connectivity index (χ0) is 12.5. The van der Waals surface area contributed by atoms with Crippen molar-refractivity contribution in [2.24, 2.45) is 11.3 Å². The third-order valence-corrected chi connectivity index (χ3v) is 2.78. The number of carbonyl (C=O) groups excluding carboxylic acids is 1. The lowest BCUT2D eigenvalue weighted by Gasteiger charge is -2.19. The van der Waals surface area contributed by atoms with Crippen LogP contribution in [0, 0.1) is 11.3 Å². The molecule has 1 aliphatic carbocycles. The molecule has 0 aromatic carbocycles. The molecule has 1 amide bonds. The first-order chi connectivity index (χ1) is 7.24. The van der Waals surface area contributed by atoms with Gasteiger partial charge in [-0.05, 0) is 11.8 Å². The van der Waals surface area contributed by atoms with Gasteiger partial charge in [0, 0.05) is 5.92 Å². The van der Waals surface area contributed by atoms with Crippen LogP contribution in [0.5, 0.6) is 0 Å². The van der Waals surface area contributed by atoms with Crippen LogP contribution < -0.4 is 0 Å². The predicted molar refractivity (Wildman–Crippen MR) is 53.7 cm³/mol. The van der Waals surface area contributed by atoms with Crippen LogP contribution in [-0.2, 0) is 14.4 Å². The van der Waals surface area contributed by atoms with Crippen molar-refractivity contribution in [2.45, 2.75) is 20.3 Å². The van der Waals surface area contributed by atoms with E-state index in [1.807, 2.05) is 13.8 Å². The van der Waals surface area contributed by atoms with Gasteiger partial charge in [0.15, 0.2) is 0 Å². The minimum absolute atomic E-state index is 0.133. The number of nitrogens with zero attached hydrogens (tertiary/aromatic N) is 1. The third kappa shape index (κ3) is 2.95. The van der Waals surface area contributed by atoms with E-state index in [2.05, 4.69) is 0 Å². The molecule has 0 aromatic rings. The molecule has 1 rings (SSSR count). The van der Waals surface area contributed by atoms with E-state index in [-0.39, 0.29) is 17.2 Å². The number of aliphatic carboxylic acids is 2. The highest BCUT2D eigenvalue weighted by molar-refractivity contribution is 5.88. The molecule has 0 heterocycles. The summed E-state index contributed by atoms with van der Waals surface area (Å²) in [5.41, 5.74) is -0.133. The molecule has 0 saturated heterocycles. The van der Waals surface area contributed by atoms with Crippen molar-refractivity contribution in [1.29, 1.82) is 0 Å². The highest BCUT2D eigenvalue weighted by Crippen LogP contribution is 2.52. The van der Waals surface area contributed by atoms with Crippen LogP contribution in [-0.4, -0.2) is 46.0 Å². The van der Waals surface area contributed by atoms with Gasteiger partial charge in [0.25, 0.3) is 0 Å². The van der Waals surface area contributed by atoms with Gasteiger partial charge < -0.3 is 15.1 Å². The summed E-state index contributed by atoms with van der Waals surface area (Å²) in [6, 6.07) is 0. The molecular formula is C10H15NO5. The fourth-order valence-electron chi connectivity index (χ4n) is 1.65. The van der Waals surface area contributed by atoms with Crippen LogP contribution in [0.2, 0.25) is 0 Å². The van der Waals surface area contributed by atoms with E-state index in [0.29, 0.717) is 6.42 Å². The zero-order valence-electron chi connectivity index (χ0n) is 9.27. The average Bonchev–Trinajstić information content (AvgIpc) is 2.71. The van der Waals surface area contributed by atoms with Gasteiger partial charge in [0.1, 0.15) is 13.1 Å². The minimum Gasteiger partial charge on any atom is -0.480 e. The molecular weight excluding hydrogens is 214 g/mol. The molecule has 0 aromatic heterocycles. The SMILES string of the molecule is CC1(C)CC1C(=O)N(CC(=O)O)CC(=O)O. The van der Waals surface area contributed by atoms with Crippen molar-refractivity contribution in [3.63, 3.8) is 0 Å². The summed E-state index contributed by atoms with van der Waals surface area (Å²) in [6.07, 6.45) is 0.682. The topological polar surface area (TPSA) is 94.9 Å². The van der Waals surface area contributed by atoms with Crippen molar-refractivity contribution in [3.05, 3.63) is 0 Å². The van der Waals surface area contributed by atoms with Crippen molar-refractivity contribution in [3.8, 4) is 0 Å². The zero-order valence-corrected chi connectivity index (χ0v) is 9.27. The molecule has 1 unspecified atom stereocenters. The molecule has 1 saturated carbocycles. The van der Waals surface area contributed by atoms with Gasteiger partial charge in [-0.1, -0.05) is 13.8 Å². The number of carbonyl (C=O) groups is 3. The predicted octanol–water partition coefficient (Wildman–Crippen LogP) is 0.0303.